The van der Waals surface area contributed by atoms with Crippen LogP contribution in [0, 0.1) is 12.7 Å². The Morgan fingerprint density at radius 2 is 1.96 bits per heavy atom. The first kappa shape index (κ1) is 17.5. The van der Waals surface area contributed by atoms with Gasteiger partial charge in [-0.15, -0.1) is 0 Å². The van der Waals surface area contributed by atoms with Gasteiger partial charge in [-0.2, -0.15) is 0 Å². The van der Waals surface area contributed by atoms with Gasteiger partial charge in [0.25, 0.3) is 0 Å². The van der Waals surface area contributed by atoms with Crippen molar-refractivity contribution in [3.63, 3.8) is 0 Å². The third-order valence-electron chi connectivity index (χ3n) is 3.64. The van der Waals surface area contributed by atoms with Gasteiger partial charge in [-0.3, -0.25) is 0 Å². The number of hydrogen-bond donors (Lipinski definition) is 0. The van der Waals surface area contributed by atoms with E-state index in [0.717, 1.165) is 11.6 Å². The van der Waals surface area contributed by atoms with Crippen molar-refractivity contribution in [1.82, 2.24) is 0 Å². The molecular formula is C18H11Cl2FO4. The first-order valence-electron chi connectivity index (χ1n) is 7.21. The monoisotopic (exact) mass is 380 g/mol. The maximum atomic E-state index is 13.8. The van der Waals surface area contributed by atoms with Gasteiger partial charge in [-0.05, 0) is 36.8 Å². The van der Waals surface area contributed by atoms with E-state index in [1.165, 1.54) is 18.2 Å². The zero-order valence-electron chi connectivity index (χ0n) is 12.9. The van der Waals surface area contributed by atoms with Gasteiger partial charge in [-0.1, -0.05) is 29.3 Å². The van der Waals surface area contributed by atoms with Crippen molar-refractivity contribution in [1.29, 1.82) is 0 Å². The summed E-state index contributed by atoms with van der Waals surface area (Å²) < 4.78 is 24.0. The minimum atomic E-state index is -0.928. The lowest BCUT2D eigenvalue weighted by Crippen LogP contribution is -2.10. The van der Waals surface area contributed by atoms with Crippen LogP contribution in [0.5, 0.6) is 0 Å². The van der Waals surface area contributed by atoms with E-state index in [4.69, 9.17) is 32.4 Å². The summed E-state index contributed by atoms with van der Waals surface area (Å²) in [5.74, 6) is -1.71. The van der Waals surface area contributed by atoms with Crippen LogP contribution in [0.1, 0.15) is 21.5 Å². The molecule has 0 radical (unpaired) electrons. The average Bonchev–Trinajstić information content (AvgIpc) is 2.54. The molecule has 0 aliphatic carbocycles. The first-order valence-corrected chi connectivity index (χ1v) is 7.96. The molecule has 0 bridgehead atoms. The van der Waals surface area contributed by atoms with Crippen LogP contribution in [0.2, 0.25) is 10.0 Å². The number of ether oxygens (including phenoxy) is 1. The second-order valence-corrected chi connectivity index (χ2v) is 6.18. The van der Waals surface area contributed by atoms with Gasteiger partial charge in [0, 0.05) is 22.0 Å². The van der Waals surface area contributed by atoms with Gasteiger partial charge in [-0.25, -0.2) is 14.0 Å². The molecule has 3 rings (SSSR count). The van der Waals surface area contributed by atoms with Gasteiger partial charge in [0.1, 0.15) is 23.6 Å². The molecule has 4 nitrogen and oxygen atoms in total. The molecule has 3 aromatic rings. The molecule has 0 fully saturated rings. The van der Waals surface area contributed by atoms with Crippen LogP contribution in [0.25, 0.3) is 11.0 Å². The number of aryl methyl sites for hydroxylation is 1. The largest absolute Gasteiger partial charge is 0.457 e. The SMILES string of the molecule is Cc1cc2oc(=O)cc(COC(=O)c3c(F)cccc3Cl)c2cc1Cl. The molecule has 0 aliphatic rings. The van der Waals surface area contributed by atoms with Crippen LogP contribution in [0.4, 0.5) is 4.39 Å². The summed E-state index contributed by atoms with van der Waals surface area (Å²) in [6.45, 7) is 1.51. The van der Waals surface area contributed by atoms with Crippen LogP contribution >= 0.6 is 23.2 Å². The Kier molecular flexibility index (Phi) is 4.79. The van der Waals surface area contributed by atoms with E-state index in [9.17, 15) is 14.0 Å². The fourth-order valence-corrected chi connectivity index (χ4v) is 2.78. The van der Waals surface area contributed by atoms with E-state index in [-0.39, 0.29) is 17.2 Å². The Hall–Kier alpha value is -2.37. The number of rotatable bonds is 3. The summed E-state index contributed by atoms with van der Waals surface area (Å²) in [4.78, 5) is 23.8. The summed E-state index contributed by atoms with van der Waals surface area (Å²) in [6.07, 6.45) is 0. The minimum absolute atomic E-state index is 0.0545. The number of carbonyl (C=O) groups excluding carboxylic acids is 1. The van der Waals surface area contributed by atoms with Crippen molar-refractivity contribution in [2.45, 2.75) is 13.5 Å². The molecule has 0 unspecified atom stereocenters. The van der Waals surface area contributed by atoms with E-state index in [1.807, 2.05) is 0 Å². The van der Waals surface area contributed by atoms with Gasteiger partial charge < -0.3 is 9.15 Å². The fraction of sp³-hybridized carbons (Fsp3) is 0.111. The van der Waals surface area contributed by atoms with E-state index >= 15 is 0 Å². The molecule has 0 saturated heterocycles. The van der Waals surface area contributed by atoms with Crippen molar-refractivity contribution in [3.8, 4) is 0 Å². The Balaban J connectivity index is 1.95. The van der Waals surface area contributed by atoms with Crippen LogP contribution in [-0.4, -0.2) is 5.97 Å². The quantitative estimate of drug-likeness (QED) is 0.478. The molecule has 0 aliphatic heterocycles. The second kappa shape index (κ2) is 6.86. The lowest BCUT2D eigenvalue weighted by molar-refractivity contribution is 0.0468. The third-order valence-corrected chi connectivity index (χ3v) is 4.36. The van der Waals surface area contributed by atoms with E-state index in [2.05, 4.69) is 0 Å². The smallest absolute Gasteiger partial charge is 0.342 e. The summed E-state index contributed by atoms with van der Waals surface area (Å²) in [6, 6.07) is 8.32. The molecule has 25 heavy (non-hydrogen) atoms. The van der Waals surface area contributed by atoms with Crippen LogP contribution in [-0.2, 0) is 11.3 Å². The Morgan fingerprint density at radius 3 is 2.68 bits per heavy atom. The molecule has 128 valence electrons. The number of benzene rings is 2. The van der Waals surface area contributed by atoms with Crippen molar-refractivity contribution >= 4 is 40.1 Å². The standard InChI is InChI=1S/C18H11Cl2FO4/c1-9-5-15-11(7-13(9)20)10(6-16(22)25-15)8-24-18(23)17-12(19)3-2-4-14(17)21/h2-7H,8H2,1H3. The first-order chi connectivity index (χ1) is 11.9. The van der Waals surface area contributed by atoms with Gasteiger partial charge in [0.2, 0.25) is 0 Å². The normalized spacial score (nSPS) is 10.9. The summed E-state index contributed by atoms with van der Waals surface area (Å²) in [5, 5.41) is 0.954. The summed E-state index contributed by atoms with van der Waals surface area (Å²) >= 11 is 11.9. The van der Waals surface area contributed by atoms with E-state index in [1.54, 1.807) is 19.1 Å². The predicted molar refractivity (Wildman–Crippen MR) is 92.8 cm³/mol. The number of halogens is 3. The van der Waals surface area contributed by atoms with Gasteiger partial charge in [0.15, 0.2) is 0 Å². The highest BCUT2D eigenvalue weighted by atomic mass is 35.5. The molecule has 7 heteroatoms. The lowest BCUT2D eigenvalue weighted by Gasteiger charge is -2.09. The topological polar surface area (TPSA) is 56.5 Å². The Morgan fingerprint density at radius 1 is 1.20 bits per heavy atom. The number of esters is 1. The van der Waals surface area contributed by atoms with Crippen LogP contribution in [0.15, 0.2) is 45.6 Å². The number of carbonyl (C=O) groups is 1. The molecular weight excluding hydrogens is 370 g/mol. The third kappa shape index (κ3) is 3.52. The molecule has 0 N–H and O–H groups in total. The number of hydrogen-bond acceptors (Lipinski definition) is 4. The summed E-state index contributed by atoms with van der Waals surface area (Å²) in [5.41, 5.74) is 0.512. The molecule has 0 atom stereocenters. The van der Waals surface area contributed by atoms with Crippen molar-refractivity contribution in [2.75, 3.05) is 0 Å². The lowest BCUT2D eigenvalue weighted by atomic mass is 10.1. The van der Waals surface area contributed by atoms with Crippen molar-refractivity contribution in [3.05, 3.63) is 79.4 Å². The Labute approximate surface area is 151 Å². The highest BCUT2D eigenvalue weighted by Gasteiger charge is 2.18. The molecule has 0 amide bonds. The zero-order valence-corrected chi connectivity index (χ0v) is 14.4. The van der Waals surface area contributed by atoms with Crippen molar-refractivity contribution in [2.24, 2.45) is 0 Å². The molecule has 2 aromatic carbocycles. The van der Waals surface area contributed by atoms with Crippen LogP contribution in [0.3, 0.4) is 0 Å². The fourth-order valence-electron chi connectivity index (χ4n) is 2.38. The molecule has 0 saturated carbocycles. The zero-order chi connectivity index (χ0) is 18.1. The number of fused-ring (bicyclic) bond motifs is 1. The summed E-state index contributed by atoms with van der Waals surface area (Å²) in [7, 11) is 0. The molecule has 1 heterocycles. The highest BCUT2D eigenvalue weighted by Crippen LogP contribution is 2.26. The van der Waals surface area contributed by atoms with Crippen molar-refractivity contribution < 1.29 is 18.3 Å². The second-order valence-electron chi connectivity index (χ2n) is 5.36. The average molecular weight is 381 g/mol. The van der Waals surface area contributed by atoms with Gasteiger partial charge in [0.05, 0.1) is 5.02 Å². The van der Waals surface area contributed by atoms with Gasteiger partial charge >= 0.3 is 11.6 Å². The van der Waals surface area contributed by atoms with E-state index < -0.39 is 17.4 Å². The van der Waals surface area contributed by atoms with E-state index in [0.29, 0.717) is 21.6 Å². The van der Waals surface area contributed by atoms with Crippen LogP contribution < -0.4 is 5.63 Å². The molecule has 1 aromatic heterocycles. The Bertz CT molecular complexity index is 1020. The maximum Gasteiger partial charge on any atom is 0.342 e. The maximum absolute atomic E-state index is 13.8. The minimum Gasteiger partial charge on any atom is -0.457 e. The highest BCUT2D eigenvalue weighted by molar-refractivity contribution is 6.33. The predicted octanol–water partition coefficient (Wildman–Crippen LogP) is 4.90. The molecule has 0 spiro atoms.